The number of carbonyl (C=O) groups is 1. The van der Waals surface area contributed by atoms with Crippen LogP contribution in [-0.4, -0.2) is 60.9 Å². The molecule has 0 bridgehead atoms. The molecule has 4 aliphatic rings. The van der Waals surface area contributed by atoms with Crippen molar-refractivity contribution in [2.45, 2.75) is 59.2 Å². The molecule has 2 aliphatic carbocycles. The summed E-state index contributed by atoms with van der Waals surface area (Å²) in [6, 6.07) is 6.66. The summed E-state index contributed by atoms with van der Waals surface area (Å²) >= 11 is 0. The number of nitrogens with zero attached hydrogens (tertiary/aromatic N) is 2. The van der Waals surface area contributed by atoms with Crippen molar-refractivity contribution < 1.29 is 14.6 Å². The van der Waals surface area contributed by atoms with Crippen LogP contribution in [0.4, 0.5) is 5.69 Å². The van der Waals surface area contributed by atoms with Crippen molar-refractivity contribution in [3.63, 3.8) is 0 Å². The van der Waals surface area contributed by atoms with Crippen molar-refractivity contribution in [1.82, 2.24) is 4.90 Å². The predicted octanol–water partition coefficient (Wildman–Crippen LogP) is 3.71. The Hall–Kier alpha value is -1.85. The number of ether oxygens (including phenoxy) is 1. The zero-order valence-corrected chi connectivity index (χ0v) is 20.0. The van der Waals surface area contributed by atoms with E-state index in [1.807, 2.05) is 0 Å². The second-order valence-corrected chi connectivity index (χ2v) is 10.9. The number of aryl methyl sites for hydroxylation is 2. The molecule has 1 aromatic rings. The maximum atomic E-state index is 12.9. The zero-order valence-electron chi connectivity index (χ0n) is 20.0. The second-order valence-electron chi connectivity index (χ2n) is 10.9. The minimum absolute atomic E-state index is 0.0948. The fourth-order valence-electron chi connectivity index (χ4n) is 6.88. The monoisotopic (exact) mass is 438 g/mol. The van der Waals surface area contributed by atoms with Crippen LogP contribution in [0.2, 0.25) is 0 Å². The highest BCUT2D eigenvalue weighted by atomic mass is 16.6. The molecule has 32 heavy (non-hydrogen) atoms. The molecular weight excluding hydrogens is 400 g/mol. The molecule has 2 aliphatic heterocycles. The van der Waals surface area contributed by atoms with Crippen molar-refractivity contribution in [2.75, 3.05) is 37.6 Å². The smallest absolute Gasteiger partial charge is 0.311 e. The van der Waals surface area contributed by atoms with Gasteiger partial charge in [0.15, 0.2) is 0 Å². The fourth-order valence-corrected chi connectivity index (χ4v) is 6.88. The molecule has 0 amide bonds. The number of anilines is 1. The third kappa shape index (κ3) is 3.49. The summed E-state index contributed by atoms with van der Waals surface area (Å²) in [7, 11) is 0. The minimum atomic E-state index is -0.518. The number of rotatable bonds is 3. The van der Waals surface area contributed by atoms with Gasteiger partial charge in [0.2, 0.25) is 0 Å². The highest BCUT2D eigenvalue weighted by Crippen LogP contribution is 2.56. The summed E-state index contributed by atoms with van der Waals surface area (Å²) in [4.78, 5) is 17.8. The molecule has 5 heteroatoms. The lowest BCUT2D eigenvalue weighted by atomic mass is 9.55. The third-order valence-electron chi connectivity index (χ3n) is 9.09. The van der Waals surface area contributed by atoms with E-state index >= 15 is 0 Å². The number of aliphatic hydroxyl groups excluding tert-OH is 1. The number of piperazine rings is 1. The van der Waals surface area contributed by atoms with E-state index in [-0.39, 0.29) is 29.3 Å². The van der Waals surface area contributed by atoms with Crippen LogP contribution in [0.15, 0.2) is 29.8 Å². The van der Waals surface area contributed by atoms with Gasteiger partial charge in [-0.05, 0) is 44.2 Å². The molecule has 0 aromatic heterocycles. The number of hydrogen-bond donors (Lipinski definition) is 1. The molecule has 2 heterocycles. The van der Waals surface area contributed by atoms with E-state index in [1.165, 1.54) is 22.4 Å². The number of hydrogen-bond acceptors (Lipinski definition) is 5. The van der Waals surface area contributed by atoms with Gasteiger partial charge in [-0.1, -0.05) is 43.2 Å². The molecule has 0 radical (unpaired) electrons. The maximum absolute atomic E-state index is 12.9. The van der Waals surface area contributed by atoms with Crippen LogP contribution in [0.5, 0.6) is 0 Å². The predicted molar refractivity (Wildman–Crippen MR) is 127 cm³/mol. The highest BCUT2D eigenvalue weighted by molar-refractivity contribution is 5.76. The lowest BCUT2D eigenvalue weighted by Crippen LogP contribution is -2.55. The van der Waals surface area contributed by atoms with Gasteiger partial charge in [0.1, 0.15) is 6.10 Å². The van der Waals surface area contributed by atoms with Crippen LogP contribution in [0.25, 0.3) is 0 Å². The Labute approximate surface area is 192 Å². The van der Waals surface area contributed by atoms with Crippen LogP contribution < -0.4 is 4.90 Å². The SMILES string of the molecule is Cc1ccc(N2CCN(C[C@H]3C(=O)O[C@@H]4CC5=CCC[C@H](C)[C@@]5(C)[C@H](O)[C@@H]43)CC2)c(C)c1. The average Bonchev–Trinajstić information content (AvgIpc) is 3.06. The first-order valence-corrected chi connectivity index (χ1v) is 12.4. The topological polar surface area (TPSA) is 53.0 Å². The van der Waals surface area contributed by atoms with Gasteiger partial charge in [-0.15, -0.1) is 0 Å². The number of aliphatic hydroxyl groups is 1. The van der Waals surface area contributed by atoms with Gasteiger partial charge in [-0.25, -0.2) is 0 Å². The van der Waals surface area contributed by atoms with E-state index in [4.69, 9.17) is 4.74 Å². The molecule has 3 fully saturated rings. The lowest BCUT2D eigenvalue weighted by Gasteiger charge is -2.52. The summed E-state index contributed by atoms with van der Waals surface area (Å²) in [5, 5.41) is 11.6. The Balaban J connectivity index is 1.27. The summed E-state index contributed by atoms with van der Waals surface area (Å²) in [5.74, 6) is 0.000175. The van der Waals surface area contributed by atoms with Crippen LogP contribution in [-0.2, 0) is 9.53 Å². The standard InChI is InChI=1S/C27H38N2O3/c1-17-8-9-22(18(2)14-17)29-12-10-28(11-13-29)16-21-24-23(32-26(21)31)15-20-7-5-6-19(3)27(20,4)25(24)30/h7-9,14,19,21,23-25,30H,5-6,10-13,15-16H2,1-4H3/t19-,21+,23+,24+,25+,27+/m0/s1. The van der Waals surface area contributed by atoms with Crippen molar-refractivity contribution in [3.05, 3.63) is 41.0 Å². The Morgan fingerprint density at radius 2 is 1.94 bits per heavy atom. The normalized spacial score (nSPS) is 37.5. The van der Waals surface area contributed by atoms with Crippen molar-refractivity contribution in [1.29, 1.82) is 0 Å². The highest BCUT2D eigenvalue weighted by Gasteiger charge is 2.59. The summed E-state index contributed by atoms with van der Waals surface area (Å²) in [6.45, 7) is 13.3. The van der Waals surface area contributed by atoms with Gasteiger partial charge in [-0.3, -0.25) is 9.69 Å². The quantitative estimate of drug-likeness (QED) is 0.576. The van der Waals surface area contributed by atoms with E-state index in [2.05, 4.69) is 61.8 Å². The average molecular weight is 439 g/mol. The third-order valence-corrected chi connectivity index (χ3v) is 9.09. The van der Waals surface area contributed by atoms with E-state index in [0.29, 0.717) is 12.5 Å². The van der Waals surface area contributed by atoms with E-state index in [9.17, 15) is 9.90 Å². The van der Waals surface area contributed by atoms with E-state index in [0.717, 1.165) is 45.4 Å². The van der Waals surface area contributed by atoms with Gasteiger partial charge >= 0.3 is 5.97 Å². The molecular formula is C27H38N2O3. The second kappa shape index (κ2) is 8.18. The van der Waals surface area contributed by atoms with Crippen LogP contribution in [0.3, 0.4) is 0 Å². The molecule has 1 N–H and O–H groups in total. The molecule has 6 atom stereocenters. The lowest BCUT2D eigenvalue weighted by molar-refractivity contribution is -0.145. The Bertz CT molecular complexity index is 919. The van der Waals surface area contributed by atoms with E-state index < -0.39 is 6.10 Å². The van der Waals surface area contributed by atoms with Crippen molar-refractivity contribution >= 4 is 11.7 Å². The van der Waals surface area contributed by atoms with Gasteiger partial charge in [0.05, 0.1) is 12.0 Å². The zero-order chi connectivity index (χ0) is 22.6. The van der Waals surface area contributed by atoms with Gasteiger partial charge in [0.25, 0.3) is 0 Å². The number of benzene rings is 1. The summed E-state index contributed by atoms with van der Waals surface area (Å²) in [6.07, 6.45) is 4.59. The molecule has 5 rings (SSSR count). The molecule has 0 unspecified atom stereocenters. The first-order chi connectivity index (χ1) is 15.3. The van der Waals surface area contributed by atoms with Gasteiger partial charge in [-0.2, -0.15) is 0 Å². The van der Waals surface area contributed by atoms with E-state index in [1.54, 1.807) is 0 Å². The van der Waals surface area contributed by atoms with Crippen molar-refractivity contribution in [2.24, 2.45) is 23.2 Å². The van der Waals surface area contributed by atoms with Crippen LogP contribution in [0.1, 0.15) is 44.2 Å². The summed E-state index contributed by atoms with van der Waals surface area (Å²) < 4.78 is 5.86. The Morgan fingerprint density at radius 3 is 2.66 bits per heavy atom. The number of allylic oxidation sites excluding steroid dienone is 1. The maximum Gasteiger partial charge on any atom is 0.311 e. The molecule has 2 saturated heterocycles. The Morgan fingerprint density at radius 1 is 1.19 bits per heavy atom. The van der Waals surface area contributed by atoms with Crippen LogP contribution in [0, 0.1) is 37.0 Å². The largest absolute Gasteiger partial charge is 0.461 e. The molecule has 1 aromatic carbocycles. The van der Waals surface area contributed by atoms with Gasteiger partial charge in [0, 0.05) is 56.2 Å². The first kappa shape index (κ1) is 22.0. The first-order valence-electron chi connectivity index (χ1n) is 12.4. The van der Waals surface area contributed by atoms with Crippen LogP contribution >= 0.6 is 0 Å². The van der Waals surface area contributed by atoms with Gasteiger partial charge < -0.3 is 14.7 Å². The van der Waals surface area contributed by atoms with Crippen molar-refractivity contribution in [3.8, 4) is 0 Å². The Kier molecular flexibility index (Phi) is 5.61. The summed E-state index contributed by atoms with van der Waals surface area (Å²) in [5.41, 5.74) is 5.01. The molecule has 174 valence electrons. The number of carbonyl (C=O) groups excluding carboxylic acids is 1. The molecule has 1 saturated carbocycles. The number of fused-ring (bicyclic) bond motifs is 2. The molecule has 5 nitrogen and oxygen atoms in total. The molecule has 0 spiro atoms. The minimum Gasteiger partial charge on any atom is -0.461 e. The fraction of sp³-hybridized carbons (Fsp3) is 0.667. The number of esters is 1.